The first-order chi connectivity index (χ1) is 12.5. The standard InChI is InChI=1S/C20H23ClN2O3/c1-3-22-20(25)15(2)23(13-16-9-5-4-6-10-16)19(24)14-26-18-12-8-7-11-17(18)21/h4-12,15H,3,13-14H2,1-2H3,(H,22,25). The van der Waals surface area contributed by atoms with Crippen molar-refractivity contribution in [3.63, 3.8) is 0 Å². The molecule has 138 valence electrons. The SMILES string of the molecule is CCNC(=O)C(C)N(Cc1ccccc1)C(=O)COc1ccccc1Cl. The number of hydrogen-bond acceptors (Lipinski definition) is 3. The van der Waals surface area contributed by atoms with E-state index in [-0.39, 0.29) is 18.4 Å². The lowest BCUT2D eigenvalue weighted by atomic mass is 10.1. The maximum atomic E-state index is 12.8. The molecule has 1 atom stereocenters. The van der Waals surface area contributed by atoms with E-state index in [0.717, 1.165) is 5.56 Å². The predicted molar refractivity (Wildman–Crippen MR) is 102 cm³/mol. The van der Waals surface area contributed by atoms with Crippen molar-refractivity contribution >= 4 is 23.4 Å². The molecule has 1 unspecified atom stereocenters. The molecule has 0 saturated heterocycles. The number of amides is 2. The first kappa shape index (κ1) is 19.8. The Kier molecular flexibility index (Phi) is 7.48. The summed E-state index contributed by atoms with van der Waals surface area (Å²) in [5.74, 6) is -0.0464. The van der Waals surface area contributed by atoms with Crippen molar-refractivity contribution in [1.82, 2.24) is 10.2 Å². The summed E-state index contributed by atoms with van der Waals surface area (Å²) >= 11 is 6.06. The molecule has 2 aromatic carbocycles. The van der Waals surface area contributed by atoms with Crippen molar-refractivity contribution in [2.45, 2.75) is 26.4 Å². The van der Waals surface area contributed by atoms with Gasteiger partial charge in [0, 0.05) is 13.1 Å². The smallest absolute Gasteiger partial charge is 0.261 e. The molecule has 1 N–H and O–H groups in total. The van der Waals surface area contributed by atoms with Crippen LogP contribution < -0.4 is 10.1 Å². The van der Waals surface area contributed by atoms with Gasteiger partial charge in [0.2, 0.25) is 5.91 Å². The summed E-state index contributed by atoms with van der Waals surface area (Å²) in [5, 5.41) is 3.19. The zero-order valence-electron chi connectivity index (χ0n) is 14.9. The zero-order chi connectivity index (χ0) is 18.9. The summed E-state index contributed by atoms with van der Waals surface area (Å²) in [6.45, 7) is 4.19. The number of rotatable bonds is 8. The van der Waals surface area contributed by atoms with E-state index in [2.05, 4.69) is 5.32 Å². The molecule has 0 aliphatic rings. The van der Waals surface area contributed by atoms with Gasteiger partial charge >= 0.3 is 0 Å². The minimum Gasteiger partial charge on any atom is -0.482 e. The Morgan fingerprint density at radius 3 is 2.42 bits per heavy atom. The van der Waals surface area contributed by atoms with Gasteiger partial charge in [-0.05, 0) is 31.5 Å². The molecular weight excluding hydrogens is 352 g/mol. The van der Waals surface area contributed by atoms with Gasteiger partial charge in [0.25, 0.3) is 5.91 Å². The zero-order valence-corrected chi connectivity index (χ0v) is 15.7. The van der Waals surface area contributed by atoms with Gasteiger partial charge in [-0.15, -0.1) is 0 Å². The number of nitrogens with one attached hydrogen (secondary N) is 1. The Balaban J connectivity index is 2.12. The van der Waals surface area contributed by atoms with Gasteiger partial charge in [-0.25, -0.2) is 0 Å². The van der Waals surface area contributed by atoms with Gasteiger partial charge in [0.1, 0.15) is 11.8 Å². The van der Waals surface area contributed by atoms with Gasteiger partial charge < -0.3 is 15.0 Å². The molecule has 6 heteroatoms. The number of ether oxygens (including phenoxy) is 1. The number of likely N-dealkylation sites (N-methyl/N-ethyl adjacent to an activating group) is 1. The van der Waals surface area contributed by atoms with E-state index in [1.807, 2.05) is 37.3 Å². The summed E-state index contributed by atoms with van der Waals surface area (Å²) in [5.41, 5.74) is 0.940. The molecule has 0 spiro atoms. The highest BCUT2D eigenvalue weighted by molar-refractivity contribution is 6.32. The number of hydrogen-bond donors (Lipinski definition) is 1. The van der Waals surface area contributed by atoms with Crippen LogP contribution in [0.5, 0.6) is 5.75 Å². The number of carbonyl (C=O) groups is 2. The summed E-state index contributed by atoms with van der Waals surface area (Å²) in [6, 6.07) is 15.9. The maximum absolute atomic E-state index is 12.8. The molecule has 0 aliphatic heterocycles. The summed E-state index contributed by atoms with van der Waals surface area (Å²) in [6.07, 6.45) is 0. The van der Waals surface area contributed by atoms with Crippen molar-refractivity contribution in [2.75, 3.05) is 13.2 Å². The molecule has 5 nitrogen and oxygen atoms in total. The van der Waals surface area contributed by atoms with Gasteiger partial charge in [-0.2, -0.15) is 0 Å². The van der Waals surface area contributed by atoms with Crippen LogP contribution in [-0.4, -0.2) is 35.9 Å². The third kappa shape index (κ3) is 5.49. The molecule has 0 bridgehead atoms. The van der Waals surface area contributed by atoms with Gasteiger partial charge in [-0.3, -0.25) is 9.59 Å². The highest BCUT2D eigenvalue weighted by atomic mass is 35.5. The Morgan fingerprint density at radius 2 is 1.77 bits per heavy atom. The third-order valence-corrected chi connectivity index (χ3v) is 4.21. The van der Waals surface area contributed by atoms with E-state index in [1.54, 1.807) is 31.2 Å². The molecule has 0 saturated carbocycles. The van der Waals surface area contributed by atoms with Crippen LogP contribution in [-0.2, 0) is 16.1 Å². The summed E-state index contributed by atoms with van der Waals surface area (Å²) in [4.78, 5) is 26.5. The monoisotopic (exact) mass is 374 g/mol. The summed E-state index contributed by atoms with van der Waals surface area (Å²) < 4.78 is 5.55. The van der Waals surface area contributed by atoms with Crippen LogP contribution >= 0.6 is 11.6 Å². The van der Waals surface area contributed by atoms with E-state index >= 15 is 0 Å². The van der Waals surface area contributed by atoms with Crippen LogP contribution in [0.25, 0.3) is 0 Å². The largest absolute Gasteiger partial charge is 0.482 e. The summed E-state index contributed by atoms with van der Waals surface area (Å²) in [7, 11) is 0. The molecule has 2 amide bonds. The van der Waals surface area contributed by atoms with E-state index in [4.69, 9.17) is 16.3 Å². The highest BCUT2D eigenvalue weighted by Crippen LogP contribution is 2.23. The second kappa shape index (κ2) is 9.82. The number of carbonyl (C=O) groups excluding carboxylic acids is 2. The fraction of sp³-hybridized carbons (Fsp3) is 0.300. The molecule has 0 heterocycles. The van der Waals surface area contributed by atoms with Crippen LogP contribution in [0.15, 0.2) is 54.6 Å². The second-order valence-electron chi connectivity index (χ2n) is 5.80. The number of benzene rings is 2. The van der Waals surface area contributed by atoms with E-state index in [1.165, 1.54) is 4.90 Å². The van der Waals surface area contributed by atoms with Crippen LogP contribution in [0.3, 0.4) is 0 Å². The molecule has 2 aromatic rings. The fourth-order valence-corrected chi connectivity index (χ4v) is 2.66. The molecule has 0 aromatic heterocycles. The van der Waals surface area contributed by atoms with E-state index in [0.29, 0.717) is 23.9 Å². The lowest BCUT2D eigenvalue weighted by Gasteiger charge is -2.28. The second-order valence-corrected chi connectivity index (χ2v) is 6.20. The van der Waals surface area contributed by atoms with Crippen LogP contribution in [0.4, 0.5) is 0 Å². The molecule has 0 radical (unpaired) electrons. The van der Waals surface area contributed by atoms with Gasteiger partial charge in [-0.1, -0.05) is 54.1 Å². The highest BCUT2D eigenvalue weighted by Gasteiger charge is 2.26. The van der Waals surface area contributed by atoms with Gasteiger partial charge in [0.15, 0.2) is 6.61 Å². The molecule has 0 fully saturated rings. The van der Waals surface area contributed by atoms with Crippen LogP contribution in [0.2, 0.25) is 5.02 Å². The van der Waals surface area contributed by atoms with Crippen molar-refractivity contribution < 1.29 is 14.3 Å². The lowest BCUT2D eigenvalue weighted by molar-refractivity contribution is -0.142. The van der Waals surface area contributed by atoms with Crippen molar-refractivity contribution in [3.05, 3.63) is 65.2 Å². The van der Waals surface area contributed by atoms with Gasteiger partial charge in [0.05, 0.1) is 5.02 Å². The fourth-order valence-electron chi connectivity index (χ4n) is 2.47. The lowest BCUT2D eigenvalue weighted by Crippen LogP contribution is -2.49. The molecular formula is C20H23ClN2O3. The van der Waals surface area contributed by atoms with Crippen molar-refractivity contribution in [1.29, 1.82) is 0 Å². The molecule has 0 aliphatic carbocycles. The molecule has 26 heavy (non-hydrogen) atoms. The van der Waals surface area contributed by atoms with Crippen molar-refractivity contribution in [3.8, 4) is 5.75 Å². The van der Waals surface area contributed by atoms with Crippen molar-refractivity contribution in [2.24, 2.45) is 0 Å². The Labute approximate surface area is 158 Å². The minimum absolute atomic E-state index is 0.194. The number of halogens is 1. The maximum Gasteiger partial charge on any atom is 0.261 e. The van der Waals surface area contributed by atoms with Crippen LogP contribution in [0, 0.1) is 0 Å². The predicted octanol–water partition coefficient (Wildman–Crippen LogP) is 3.27. The topological polar surface area (TPSA) is 58.6 Å². The average Bonchev–Trinajstić information content (AvgIpc) is 2.65. The van der Waals surface area contributed by atoms with E-state index < -0.39 is 6.04 Å². The first-order valence-electron chi connectivity index (χ1n) is 8.51. The minimum atomic E-state index is -0.613. The Hall–Kier alpha value is -2.53. The number of nitrogens with zero attached hydrogens (tertiary/aromatic N) is 1. The normalized spacial score (nSPS) is 11.5. The Bertz CT molecular complexity index is 737. The Morgan fingerprint density at radius 1 is 1.12 bits per heavy atom. The van der Waals surface area contributed by atoms with E-state index in [9.17, 15) is 9.59 Å². The third-order valence-electron chi connectivity index (χ3n) is 3.90. The quantitative estimate of drug-likeness (QED) is 0.771. The van der Waals surface area contributed by atoms with Crippen LogP contribution in [0.1, 0.15) is 19.4 Å². The number of para-hydroxylation sites is 1. The first-order valence-corrected chi connectivity index (χ1v) is 8.89. The molecule has 2 rings (SSSR count). The average molecular weight is 375 g/mol.